The normalized spacial score (nSPS) is 16.0. The Morgan fingerprint density at radius 1 is 0.418 bits per heavy atom. The van der Waals surface area contributed by atoms with Crippen molar-refractivity contribution in [3.05, 3.63) is 295 Å². The Bertz CT molecular complexity index is 3480. The molecule has 1 aliphatic heterocycles. The van der Waals surface area contributed by atoms with Gasteiger partial charge in [0.05, 0.1) is 17.1 Å². The van der Waals surface area contributed by atoms with E-state index in [4.69, 9.17) is 0 Å². The summed E-state index contributed by atoms with van der Waals surface area (Å²) < 4.78 is 0. The minimum atomic E-state index is -0.528. The summed E-state index contributed by atoms with van der Waals surface area (Å²) in [4.78, 5) is 4.98. The van der Waals surface area contributed by atoms with Gasteiger partial charge in [0.25, 0.3) is 0 Å². The average molecular weight is 855 g/mol. The molecule has 1 heterocycles. The molecule has 2 aliphatic carbocycles. The van der Waals surface area contributed by atoms with Crippen LogP contribution in [0.4, 0.5) is 28.4 Å². The summed E-state index contributed by atoms with van der Waals surface area (Å²) in [6.07, 6.45) is 9.05. The van der Waals surface area contributed by atoms with Crippen molar-refractivity contribution in [2.24, 2.45) is 0 Å². The van der Waals surface area contributed by atoms with Gasteiger partial charge >= 0.3 is 0 Å². The molecular formula is C65H46N2. The van der Waals surface area contributed by atoms with E-state index in [0.29, 0.717) is 5.92 Å². The van der Waals surface area contributed by atoms with Crippen molar-refractivity contribution in [3.63, 3.8) is 0 Å². The molecule has 0 saturated carbocycles. The van der Waals surface area contributed by atoms with E-state index < -0.39 is 5.41 Å². The van der Waals surface area contributed by atoms with Crippen molar-refractivity contribution < 1.29 is 0 Å². The Morgan fingerprint density at radius 3 is 1.78 bits per heavy atom. The molecule has 0 saturated heterocycles. The molecule has 10 aromatic rings. The number of anilines is 5. The lowest BCUT2D eigenvalue weighted by Crippen LogP contribution is -2.28. The summed E-state index contributed by atoms with van der Waals surface area (Å²) in [5.41, 5.74) is 19.0. The molecule has 0 N–H and O–H groups in total. The average Bonchev–Trinajstić information content (AvgIpc) is 3.90. The van der Waals surface area contributed by atoms with Gasteiger partial charge < -0.3 is 9.80 Å². The quantitative estimate of drug-likeness (QED) is 0.150. The van der Waals surface area contributed by atoms with Gasteiger partial charge in [-0.25, -0.2) is 0 Å². The molecule has 316 valence electrons. The second-order valence-electron chi connectivity index (χ2n) is 17.9. The molecule has 0 radical (unpaired) electrons. The summed E-state index contributed by atoms with van der Waals surface area (Å²) in [5, 5.41) is 2.43. The molecule has 0 bridgehead atoms. The van der Waals surface area contributed by atoms with Crippen LogP contribution in [0, 0.1) is 0 Å². The predicted octanol–water partition coefficient (Wildman–Crippen LogP) is 16.7. The molecule has 2 heteroatoms. The Morgan fingerprint density at radius 2 is 1.01 bits per heavy atom. The Balaban J connectivity index is 0.977. The zero-order valence-electron chi connectivity index (χ0n) is 37.0. The Kier molecular flexibility index (Phi) is 9.25. The van der Waals surface area contributed by atoms with E-state index in [1.807, 2.05) is 0 Å². The minimum Gasteiger partial charge on any atom is -0.333 e. The third-order valence-electron chi connectivity index (χ3n) is 14.5. The number of rotatable bonds is 8. The number of para-hydroxylation sites is 1. The highest BCUT2D eigenvalue weighted by Gasteiger charge is 2.46. The fraction of sp³-hybridized carbons (Fsp3) is 0.0462. The van der Waals surface area contributed by atoms with Gasteiger partial charge in [-0.05, 0) is 115 Å². The fourth-order valence-electron chi connectivity index (χ4n) is 11.6. The lowest BCUT2D eigenvalue weighted by molar-refractivity contribution is 0.745. The topological polar surface area (TPSA) is 6.48 Å². The maximum absolute atomic E-state index is 2.50. The van der Waals surface area contributed by atoms with Gasteiger partial charge in [-0.15, -0.1) is 0 Å². The largest absolute Gasteiger partial charge is 0.333 e. The van der Waals surface area contributed by atoms with Crippen LogP contribution in [0.15, 0.2) is 267 Å². The summed E-state index contributed by atoms with van der Waals surface area (Å²) in [5.74, 6) is 0.357. The zero-order chi connectivity index (χ0) is 44.3. The first-order valence-electron chi connectivity index (χ1n) is 23.4. The summed E-state index contributed by atoms with van der Waals surface area (Å²) in [6, 6.07) is 90.1. The highest BCUT2D eigenvalue weighted by atomic mass is 15.2. The maximum atomic E-state index is 2.50. The smallest absolute Gasteiger partial charge is 0.0714 e. The Hall–Kier alpha value is -8.46. The molecule has 10 aromatic carbocycles. The van der Waals surface area contributed by atoms with Crippen LogP contribution in [0.2, 0.25) is 0 Å². The molecule has 2 nitrogen and oxygen atoms in total. The van der Waals surface area contributed by atoms with E-state index in [9.17, 15) is 0 Å². The van der Waals surface area contributed by atoms with Crippen molar-refractivity contribution in [2.45, 2.75) is 17.4 Å². The standard InChI is InChI=1S/C65H46N2/c1-4-19-48(20-5-1)64-54-25-11-10-18-47(54)36-43-63(64)66(51-37-32-45(33-38-51)46-34-39-52(40-35-46)67-61-30-16-13-27-57(61)58-28-14-17-31-62(58)67)53-41-42-56-55-26-12-15-29-59(55)65(60(56)44-53,49-21-6-2-7-22-49)50-23-8-3-9-24-50/h1-44,57,61H. The van der Waals surface area contributed by atoms with Crippen molar-refractivity contribution in [3.8, 4) is 33.4 Å². The summed E-state index contributed by atoms with van der Waals surface area (Å²) >= 11 is 0. The highest BCUT2D eigenvalue weighted by molar-refractivity contribution is 6.05. The van der Waals surface area contributed by atoms with Gasteiger partial charge in [-0.2, -0.15) is 0 Å². The zero-order valence-corrected chi connectivity index (χ0v) is 37.0. The molecule has 67 heavy (non-hydrogen) atoms. The van der Waals surface area contributed by atoms with Crippen LogP contribution in [0.1, 0.15) is 33.7 Å². The summed E-state index contributed by atoms with van der Waals surface area (Å²) in [7, 11) is 0. The number of fused-ring (bicyclic) bond motifs is 7. The van der Waals surface area contributed by atoms with Gasteiger partial charge in [-0.1, -0.05) is 218 Å². The van der Waals surface area contributed by atoms with Crippen LogP contribution in [0.3, 0.4) is 0 Å². The van der Waals surface area contributed by atoms with Crippen LogP contribution in [-0.4, -0.2) is 6.04 Å². The van der Waals surface area contributed by atoms with E-state index in [0.717, 1.165) is 17.1 Å². The van der Waals surface area contributed by atoms with Crippen LogP contribution in [0.5, 0.6) is 0 Å². The fourth-order valence-corrected chi connectivity index (χ4v) is 11.6. The molecule has 2 atom stereocenters. The van der Waals surface area contributed by atoms with E-state index in [2.05, 4.69) is 277 Å². The first-order chi connectivity index (χ1) is 33.3. The van der Waals surface area contributed by atoms with Crippen molar-refractivity contribution >= 4 is 39.2 Å². The van der Waals surface area contributed by atoms with Crippen molar-refractivity contribution in [1.29, 1.82) is 0 Å². The third-order valence-corrected chi connectivity index (χ3v) is 14.5. The van der Waals surface area contributed by atoms with Gasteiger partial charge in [0.2, 0.25) is 0 Å². The summed E-state index contributed by atoms with van der Waals surface area (Å²) in [6.45, 7) is 0. The number of hydrogen-bond donors (Lipinski definition) is 0. The lowest BCUT2D eigenvalue weighted by atomic mass is 9.67. The molecule has 0 amide bonds. The first-order valence-corrected chi connectivity index (χ1v) is 23.4. The van der Waals surface area contributed by atoms with E-state index in [-0.39, 0.29) is 6.04 Å². The van der Waals surface area contributed by atoms with Gasteiger partial charge in [0, 0.05) is 34.2 Å². The number of benzene rings is 10. The molecule has 0 fully saturated rings. The van der Waals surface area contributed by atoms with Crippen LogP contribution in [0.25, 0.3) is 44.2 Å². The van der Waals surface area contributed by atoms with Crippen molar-refractivity contribution in [1.82, 2.24) is 0 Å². The first kappa shape index (κ1) is 39.0. The molecule has 0 spiro atoms. The van der Waals surface area contributed by atoms with Crippen LogP contribution >= 0.6 is 0 Å². The second-order valence-corrected chi connectivity index (χ2v) is 17.9. The van der Waals surface area contributed by atoms with E-state index >= 15 is 0 Å². The molecular weight excluding hydrogens is 809 g/mol. The second kappa shape index (κ2) is 15.9. The van der Waals surface area contributed by atoms with E-state index in [1.54, 1.807) is 0 Å². The van der Waals surface area contributed by atoms with E-state index in [1.165, 1.54) is 83.3 Å². The van der Waals surface area contributed by atoms with Crippen molar-refractivity contribution in [2.75, 3.05) is 9.80 Å². The number of nitrogens with zero attached hydrogens (tertiary/aromatic N) is 2. The van der Waals surface area contributed by atoms with Crippen LogP contribution < -0.4 is 9.80 Å². The minimum absolute atomic E-state index is 0.272. The monoisotopic (exact) mass is 854 g/mol. The molecule has 0 aromatic heterocycles. The lowest BCUT2D eigenvalue weighted by Gasteiger charge is -2.35. The molecule has 3 aliphatic rings. The van der Waals surface area contributed by atoms with Gasteiger partial charge in [0.15, 0.2) is 0 Å². The third kappa shape index (κ3) is 6.18. The van der Waals surface area contributed by atoms with Gasteiger partial charge in [-0.3, -0.25) is 0 Å². The van der Waals surface area contributed by atoms with Gasteiger partial charge in [0.1, 0.15) is 0 Å². The number of hydrogen-bond acceptors (Lipinski definition) is 2. The Labute approximate surface area is 392 Å². The number of allylic oxidation sites excluding steroid dienone is 2. The molecule has 13 rings (SSSR count). The SMILES string of the molecule is C1=CC2c3ccccc3N(c3ccc(-c4ccc(N(c5ccc6c(c5)C(c5ccccc5)(c5ccccc5)c5ccccc5-6)c5ccc6ccccc6c5-c5ccccc5)cc4)cc3)C2C=C1. The highest BCUT2D eigenvalue weighted by Crippen LogP contribution is 2.58. The predicted molar refractivity (Wildman–Crippen MR) is 280 cm³/mol. The van der Waals surface area contributed by atoms with Crippen LogP contribution in [-0.2, 0) is 5.41 Å². The molecule has 2 unspecified atom stereocenters. The maximum Gasteiger partial charge on any atom is 0.0714 e.